The van der Waals surface area contributed by atoms with Gasteiger partial charge < -0.3 is 9.64 Å². The molecule has 0 bridgehead atoms. The fraction of sp³-hybridized carbons (Fsp3) is 0.478. The van der Waals surface area contributed by atoms with Crippen molar-refractivity contribution >= 4 is 11.7 Å². The Morgan fingerprint density at radius 1 is 1.32 bits per heavy atom. The summed E-state index contributed by atoms with van der Waals surface area (Å²) in [5, 5.41) is 0. The zero-order valence-corrected chi connectivity index (χ0v) is 18.2. The molecule has 1 heterocycles. The van der Waals surface area contributed by atoms with Crippen LogP contribution in [0.2, 0.25) is 0 Å². The van der Waals surface area contributed by atoms with Gasteiger partial charge >= 0.3 is 12.4 Å². The van der Waals surface area contributed by atoms with Gasteiger partial charge in [0.25, 0.3) is 0 Å². The Kier molecular flexibility index (Phi) is 8.86. The Balaban J connectivity index is 2.02. The van der Waals surface area contributed by atoms with Crippen LogP contribution in [0.15, 0.2) is 59.8 Å². The molecule has 0 N–H and O–H groups in total. The van der Waals surface area contributed by atoms with E-state index < -0.39 is 18.2 Å². The highest BCUT2D eigenvalue weighted by Crippen LogP contribution is 2.23. The van der Waals surface area contributed by atoms with Crippen LogP contribution >= 0.6 is 0 Å². The fourth-order valence-electron chi connectivity index (χ4n) is 3.55. The van der Waals surface area contributed by atoms with Crippen LogP contribution in [0, 0.1) is 5.92 Å². The van der Waals surface area contributed by atoms with Crippen LogP contribution in [0.5, 0.6) is 0 Å². The maximum Gasteiger partial charge on any atom is 0.573 e. The highest BCUT2D eigenvalue weighted by molar-refractivity contribution is 6.02. The van der Waals surface area contributed by atoms with E-state index in [-0.39, 0.29) is 6.04 Å². The predicted molar refractivity (Wildman–Crippen MR) is 116 cm³/mol. The number of ether oxygens (including phenoxy) is 1. The summed E-state index contributed by atoms with van der Waals surface area (Å²) in [6.45, 7) is 9.61. The Bertz CT molecular complexity index is 806. The molecule has 170 valence electrons. The second-order valence-corrected chi connectivity index (χ2v) is 7.75. The first-order valence-electron chi connectivity index (χ1n) is 10.3. The zero-order valence-electron chi connectivity index (χ0n) is 18.2. The number of benzene rings is 1. The van der Waals surface area contributed by atoms with Crippen LogP contribution < -0.4 is 0 Å². The number of alkyl halides is 3. The number of allylic oxidation sites excluding steroid dienone is 2. The molecular weight excluding hydrogens is 407 g/mol. The Hall–Kier alpha value is -2.61. The number of urea groups is 1. The fourth-order valence-corrected chi connectivity index (χ4v) is 3.55. The SMILES string of the molecule is C=C(/C=C\C(CC)=NC(=O)N(C)C1CN(Cc2ccccc2)CCC1C)OC(F)(F)F. The van der Waals surface area contributed by atoms with E-state index in [1.807, 2.05) is 18.2 Å². The summed E-state index contributed by atoms with van der Waals surface area (Å²) >= 11 is 0. The maximum atomic E-state index is 12.7. The van der Waals surface area contributed by atoms with Crippen molar-refractivity contribution in [1.82, 2.24) is 9.80 Å². The van der Waals surface area contributed by atoms with E-state index in [1.165, 1.54) is 11.6 Å². The summed E-state index contributed by atoms with van der Waals surface area (Å²) in [5.74, 6) is -0.247. The van der Waals surface area contributed by atoms with Crippen molar-refractivity contribution in [1.29, 1.82) is 0 Å². The number of carbonyl (C=O) groups excluding carboxylic acids is 1. The summed E-state index contributed by atoms with van der Waals surface area (Å²) in [4.78, 5) is 20.8. The van der Waals surface area contributed by atoms with Gasteiger partial charge in [-0.1, -0.05) is 50.8 Å². The van der Waals surface area contributed by atoms with Gasteiger partial charge in [0.2, 0.25) is 0 Å². The van der Waals surface area contributed by atoms with E-state index in [1.54, 1.807) is 18.9 Å². The Morgan fingerprint density at radius 2 is 2.00 bits per heavy atom. The Morgan fingerprint density at radius 3 is 2.61 bits per heavy atom. The minimum atomic E-state index is -4.80. The van der Waals surface area contributed by atoms with Crippen LogP contribution in [0.4, 0.5) is 18.0 Å². The third-order valence-electron chi connectivity index (χ3n) is 5.36. The van der Waals surface area contributed by atoms with Gasteiger partial charge in [-0.15, -0.1) is 13.2 Å². The molecule has 2 atom stereocenters. The summed E-state index contributed by atoms with van der Waals surface area (Å²) in [7, 11) is 1.72. The average Bonchev–Trinajstić information content (AvgIpc) is 2.71. The number of likely N-dealkylation sites (tertiary alicyclic amines) is 1. The first kappa shape index (κ1) is 24.7. The summed E-state index contributed by atoms with van der Waals surface area (Å²) in [5.41, 5.74) is 1.58. The lowest BCUT2D eigenvalue weighted by Crippen LogP contribution is -2.51. The second kappa shape index (κ2) is 11.1. The molecule has 31 heavy (non-hydrogen) atoms. The number of likely N-dealkylation sites (N-methyl/N-ethyl adjacent to an activating group) is 1. The van der Waals surface area contributed by atoms with E-state index in [0.29, 0.717) is 18.1 Å². The lowest BCUT2D eigenvalue weighted by atomic mass is 9.92. The third-order valence-corrected chi connectivity index (χ3v) is 5.36. The standard InChI is InChI=1S/C23H30F3N3O2/c1-5-20(12-11-18(3)31-23(24,25)26)27-22(30)28(4)21-16-29(14-13-17(21)2)15-19-9-7-6-8-10-19/h6-12,17,21H,3,5,13-16H2,1-2,4H3/b12-11-,27-20?. The number of amides is 2. The minimum Gasteiger partial charge on any atom is -0.406 e. The van der Waals surface area contributed by atoms with Gasteiger partial charge in [-0.2, -0.15) is 4.99 Å². The van der Waals surface area contributed by atoms with Crippen molar-refractivity contribution in [3.63, 3.8) is 0 Å². The number of halogens is 3. The molecule has 1 aliphatic heterocycles. The van der Waals surface area contributed by atoms with E-state index >= 15 is 0 Å². The van der Waals surface area contributed by atoms with Crippen molar-refractivity contribution in [3.05, 3.63) is 60.4 Å². The molecule has 1 fully saturated rings. The summed E-state index contributed by atoms with van der Waals surface area (Å²) < 4.78 is 40.4. The largest absolute Gasteiger partial charge is 0.573 e. The van der Waals surface area contributed by atoms with E-state index in [9.17, 15) is 18.0 Å². The number of nitrogens with zero attached hydrogens (tertiary/aromatic N) is 3. The summed E-state index contributed by atoms with van der Waals surface area (Å²) in [6.07, 6.45) is -1.06. The Labute approximate surface area is 181 Å². The molecule has 0 aromatic heterocycles. The van der Waals surface area contributed by atoms with E-state index in [4.69, 9.17) is 0 Å². The maximum absolute atomic E-state index is 12.7. The summed E-state index contributed by atoms with van der Waals surface area (Å²) in [6, 6.07) is 9.77. The number of aliphatic imine (C=N–C) groups is 1. The number of carbonyl (C=O) groups is 1. The van der Waals surface area contributed by atoms with Crippen LogP contribution in [-0.4, -0.2) is 54.1 Å². The van der Waals surface area contributed by atoms with Gasteiger partial charge in [0.15, 0.2) is 0 Å². The molecule has 8 heteroatoms. The van der Waals surface area contributed by atoms with Gasteiger partial charge in [-0.25, -0.2) is 4.79 Å². The lowest BCUT2D eigenvalue weighted by molar-refractivity contribution is -0.303. The zero-order chi connectivity index (χ0) is 23.0. The van der Waals surface area contributed by atoms with Gasteiger partial charge in [-0.05, 0) is 43.0 Å². The smallest absolute Gasteiger partial charge is 0.406 e. The monoisotopic (exact) mass is 437 g/mol. The number of hydrogen-bond donors (Lipinski definition) is 0. The molecule has 0 radical (unpaired) electrons. The quantitative estimate of drug-likeness (QED) is 0.326. The van der Waals surface area contributed by atoms with E-state index in [0.717, 1.165) is 32.1 Å². The van der Waals surface area contributed by atoms with Crippen LogP contribution in [-0.2, 0) is 11.3 Å². The highest BCUT2D eigenvalue weighted by atomic mass is 19.4. The van der Waals surface area contributed by atoms with Gasteiger partial charge in [0.1, 0.15) is 5.76 Å². The van der Waals surface area contributed by atoms with Crippen LogP contribution in [0.1, 0.15) is 32.3 Å². The normalized spacial score (nSPS) is 20.6. The number of hydrogen-bond acceptors (Lipinski definition) is 3. The molecule has 1 saturated heterocycles. The molecule has 1 aromatic rings. The second-order valence-electron chi connectivity index (χ2n) is 7.75. The van der Waals surface area contributed by atoms with Crippen LogP contribution in [0.25, 0.3) is 0 Å². The van der Waals surface area contributed by atoms with Crippen LogP contribution in [0.3, 0.4) is 0 Å². The van der Waals surface area contributed by atoms with Gasteiger partial charge in [0.05, 0.1) is 0 Å². The molecule has 1 aliphatic rings. The van der Waals surface area contributed by atoms with Crippen molar-refractivity contribution < 1.29 is 22.7 Å². The lowest BCUT2D eigenvalue weighted by Gasteiger charge is -2.41. The minimum absolute atomic E-state index is 0.000624. The highest BCUT2D eigenvalue weighted by Gasteiger charge is 2.32. The van der Waals surface area contributed by atoms with Gasteiger partial charge in [-0.3, -0.25) is 4.90 Å². The van der Waals surface area contributed by atoms with Crippen molar-refractivity contribution in [3.8, 4) is 0 Å². The molecule has 0 saturated carbocycles. The molecule has 2 unspecified atom stereocenters. The number of rotatable bonds is 7. The molecule has 0 spiro atoms. The molecular formula is C23H30F3N3O2. The molecule has 1 aromatic carbocycles. The molecule has 0 aliphatic carbocycles. The topological polar surface area (TPSA) is 45.1 Å². The third kappa shape index (κ3) is 8.20. The molecule has 2 amide bonds. The predicted octanol–water partition coefficient (Wildman–Crippen LogP) is 5.41. The van der Waals surface area contributed by atoms with Crippen molar-refractivity contribution in [2.45, 2.75) is 45.6 Å². The first-order valence-corrected chi connectivity index (χ1v) is 10.3. The molecule has 2 rings (SSSR count). The van der Waals surface area contributed by atoms with E-state index in [2.05, 4.69) is 40.3 Å². The van der Waals surface area contributed by atoms with Crippen molar-refractivity contribution in [2.24, 2.45) is 10.9 Å². The van der Waals surface area contributed by atoms with Crippen molar-refractivity contribution in [2.75, 3.05) is 20.1 Å². The molecule has 5 nitrogen and oxygen atoms in total. The number of piperidine rings is 1. The first-order chi connectivity index (χ1) is 14.6. The average molecular weight is 438 g/mol. The van der Waals surface area contributed by atoms with Gasteiger partial charge in [0, 0.05) is 31.9 Å².